The maximum atomic E-state index is 8.80. The Morgan fingerprint density at radius 3 is 2.85 bits per heavy atom. The van der Waals surface area contributed by atoms with Gasteiger partial charge in [-0.05, 0) is 25.0 Å². The van der Waals surface area contributed by atoms with E-state index in [1.54, 1.807) is 7.11 Å². The second-order valence-corrected chi connectivity index (χ2v) is 4.71. The number of hydrogen-bond acceptors (Lipinski definition) is 4. The summed E-state index contributed by atoms with van der Waals surface area (Å²) in [6.07, 6.45) is 4.01. The lowest BCUT2D eigenvalue weighted by Gasteiger charge is -2.29. The number of fused-ring (bicyclic) bond motifs is 1. The van der Waals surface area contributed by atoms with Gasteiger partial charge in [0.05, 0.1) is 12.8 Å². The highest BCUT2D eigenvalue weighted by Gasteiger charge is 2.19. The summed E-state index contributed by atoms with van der Waals surface area (Å²) in [6.45, 7) is 2.01. The highest BCUT2D eigenvalue weighted by molar-refractivity contribution is 14.0. The number of halogens is 1. The molecule has 0 atom stereocenters. The zero-order valence-corrected chi connectivity index (χ0v) is 14.4. The Labute approximate surface area is 137 Å². The number of methoxy groups -OCH3 is 1. The SMILES string of the molecule is COc1cccc2c1N(C)CC=C2NCCCCO.I. The molecule has 0 aliphatic carbocycles. The van der Waals surface area contributed by atoms with Gasteiger partial charge in [-0.1, -0.05) is 12.1 Å². The third-order valence-corrected chi connectivity index (χ3v) is 3.36. The smallest absolute Gasteiger partial charge is 0.142 e. The number of aliphatic hydroxyl groups is 1. The molecule has 112 valence electrons. The highest BCUT2D eigenvalue weighted by Crippen LogP contribution is 2.37. The maximum Gasteiger partial charge on any atom is 0.142 e. The van der Waals surface area contributed by atoms with Crippen LogP contribution in [0.5, 0.6) is 5.75 Å². The molecule has 0 amide bonds. The van der Waals surface area contributed by atoms with Crippen LogP contribution in [0.2, 0.25) is 0 Å². The first-order chi connectivity index (χ1) is 9.27. The summed E-state index contributed by atoms with van der Waals surface area (Å²) in [4.78, 5) is 2.19. The molecule has 0 fully saturated rings. The van der Waals surface area contributed by atoms with Gasteiger partial charge in [0.2, 0.25) is 0 Å². The van der Waals surface area contributed by atoms with Crippen molar-refractivity contribution in [2.45, 2.75) is 12.8 Å². The van der Waals surface area contributed by atoms with E-state index in [1.165, 1.54) is 5.56 Å². The van der Waals surface area contributed by atoms with Crippen LogP contribution in [0.15, 0.2) is 24.3 Å². The molecule has 5 heteroatoms. The summed E-state index contributed by atoms with van der Waals surface area (Å²) < 4.78 is 5.44. The first-order valence-electron chi connectivity index (χ1n) is 6.71. The van der Waals surface area contributed by atoms with E-state index in [0.29, 0.717) is 0 Å². The van der Waals surface area contributed by atoms with E-state index in [1.807, 2.05) is 12.1 Å². The molecule has 0 saturated carbocycles. The highest BCUT2D eigenvalue weighted by atomic mass is 127. The topological polar surface area (TPSA) is 44.7 Å². The molecular formula is C15H23IN2O2. The number of aliphatic hydroxyl groups excluding tert-OH is 1. The minimum atomic E-state index is 0. The van der Waals surface area contributed by atoms with Crippen LogP contribution in [0.1, 0.15) is 18.4 Å². The maximum absolute atomic E-state index is 8.80. The third-order valence-electron chi connectivity index (χ3n) is 3.36. The van der Waals surface area contributed by atoms with E-state index in [2.05, 4.69) is 29.4 Å². The van der Waals surface area contributed by atoms with Gasteiger partial charge in [-0.3, -0.25) is 0 Å². The second-order valence-electron chi connectivity index (χ2n) is 4.71. The van der Waals surface area contributed by atoms with Crippen molar-refractivity contribution in [1.82, 2.24) is 5.32 Å². The summed E-state index contributed by atoms with van der Waals surface area (Å²) in [5.74, 6) is 0.905. The Balaban J connectivity index is 0.00000200. The molecule has 0 spiro atoms. The van der Waals surface area contributed by atoms with Crippen molar-refractivity contribution in [2.75, 3.05) is 38.8 Å². The van der Waals surface area contributed by atoms with Crippen molar-refractivity contribution in [3.8, 4) is 5.75 Å². The number of nitrogens with one attached hydrogen (secondary N) is 1. The largest absolute Gasteiger partial charge is 0.495 e. The summed E-state index contributed by atoms with van der Waals surface area (Å²) in [7, 11) is 3.77. The van der Waals surface area contributed by atoms with E-state index in [-0.39, 0.29) is 30.6 Å². The molecule has 1 heterocycles. The monoisotopic (exact) mass is 390 g/mol. The van der Waals surface area contributed by atoms with Crippen molar-refractivity contribution in [2.24, 2.45) is 0 Å². The average Bonchev–Trinajstić information content (AvgIpc) is 2.45. The number of ether oxygens (including phenoxy) is 1. The Bertz CT molecular complexity index is 463. The molecule has 0 bridgehead atoms. The first-order valence-corrected chi connectivity index (χ1v) is 6.71. The number of para-hydroxylation sites is 1. The molecule has 1 aromatic carbocycles. The standard InChI is InChI=1S/C15H22N2O2.HI/c1-17-10-8-13(16-9-3-4-11-18)12-6-5-7-14(19-2)15(12)17;/h5-8,16,18H,3-4,9-11H2,1-2H3;1H. The van der Waals surface area contributed by atoms with E-state index in [4.69, 9.17) is 9.84 Å². The molecule has 1 aromatic rings. The van der Waals surface area contributed by atoms with Gasteiger partial charge in [-0.15, -0.1) is 24.0 Å². The second kappa shape index (κ2) is 8.36. The molecular weight excluding hydrogens is 367 g/mol. The summed E-state index contributed by atoms with van der Waals surface area (Å²) >= 11 is 0. The number of benzene rings is 1. The number of unbranched alkanes of at least 4 members (excludes halogenated alkanes) is 1. The fourth-order valence-corrected chi connectivity index (χ4v) is 2.35. The Hall–Kier alpha value is -0.950. The lowest BCUT2D eigenvalue weighted by Crippen LogP contribution is -2.27. The zero-order chi connectivity index (χ0) is 13.7. The molecule has 2 N–H and O–H groups in total. The van der Waals surface area contributed by atoms with Crippen LogP contribution in [0.3, 0.4) is 0 Å². The van der Waals surface area contributed by atoms with Crippen molar-refractivity contribution < 1.29 is 9.84 Å². The average molecular weight is 390 g/mol. The minimum absolute atomic E-state index is 0. The molecule has 0 saturated heterocycles. The predicted octanol–water partition coefficient (Wildman–Crippen LogP) is 2.47. The van der Waals surface area contributed by atoms with Gasteiger partial charge in [-0.25, -0.2) is 0 Å². The van der Waals surface area contributed by atoms with Gasteiger partial charge in [0.1, 0.15) is 5.75 Å². The number of rotatable bonds is 6. The van der Waals surface area contributed by atoms with Crippen LogP contribution in [0.4, 0.5) is 5.69 Å². The van der Waals surface area contributed by atoms with E-state index in [0.717, 1.165) is 43.1 Å². The summed E-state index contributed by atoms with van der Waals surface area (Å²) in [5, 5.41) is 12.3. The van der Waals surface area contributed by atoms with Crippen molar-refractivity contribution in [3.63, 3.8) is 0 Å². The Morgan fingerprint density at radius 1 is 1.35 bits per heavy atom. The Morgan fingerprint density at radius 2 is 2.15 bits per heavy atom. The van der Waals surface area contributed by atoms with E-state index in [9.17, 15) is 0 Å². The lowest BCUT2D eigenvalue weighted by molar-refractivity contribution is 0.284. The van der Waals surface area contributed by atoms with Crippen molar-refractivity contribution in [1.29, 1.82) is 0 Å². The first kappa shape index (κ1) is 17.1. The fraction of sp³-hybridized carbons (Fsp3) is 0.467. The normalized spacial score (nSPS) is 13.2. The molecule has 0 aromatic heterocycles. The zero-order valence-electron chi connectivity index (χ0n) is 12.1. The van der Waals surface area contributed by atoms with Crippen LogP contribution in [-0.4, -0.2) is 39.0 Å². The molecule has 0 radical (unpaired) electrons. The van der Waals surface area contributed by atoms with Gasteiger partial charge >= 0.3 is 0 Å². The van der Waals surface area contributed by atoms with Crippen LogP contribution < -0.4 is 15.0 Å². The number of hydrogen-bond donors (Lipinski definition) is 2. The van der Waals surface area contributed by atoms with Crippen LogP contribution in [-0.2, 0) is 0 Å². The summed E-state index contributed by atoms with van der Waals surface area (Å²) in [6, 6.07) is 6.11. The molecule has 1 aliphatic rings. The Kier molecular flexibility index (Phi) is 7.15. The minimum Gasteiger partial charge on any atom is -0.495 e. The summed E-state index contributed by atoms with van der Waals surface area (Å²) in [5.41, 5.74) is 3.47. The predicted molar refractivity (Wildman–Crippen MR) is 94.0 cm³/mol. The fourth-order valence-electron chi connectivity index (χ4n) is 2.35. The molecule has 0 unspecified atom stereocenters. The molecule has 1 aliphatic heterocycles. The van der Waals surface area contributed by atoms with Crippen molar-refractivity contribution >= 4 is 35.4 Å². The van der Waals surface area contributed by atoms with Gasteiger partial charge in [0.15, 0.2) is 0 Å². The van der Waals surface area contributed by atoms with Crippen LogP contribution >= 0.6 is 24.0 Å². The van der Waals surface area contributed by atoms with Gasteiger partial charge in [0, 0.05) is 38.0 Å². The van der Waals surface area contributed by atoms with Crippen molar-refractivity contribution in [3.05, 3.63) is 29.8 Å². The lowest BCUT2D eigenvalue weighted by atomic mass is 10.0. The van der Waals surface area contributed by atoms with Gasteiger partial charge in [0.25, 0.3) is 0 Å². The van der Waals surface area contributed by atoms with Crippen LogP contribution in [0.25, 0.3) is 5.70 Å². The molecule has 20 heavy (non-hydrogen) atoms. The van der Waals surface area contributed by atoms with E-state index < -0.39 is 0 Å². The van der Waals surface area contributed by atoms with E-state index >= 15 is 0 Å². The van der Waals surface area contributed by atoms with Crippen LogP contribution in [0, 0.1) is 0 Å². The molecule has 4 nitrogen and oxygen atoms in total. The quantitative estimate of drug-likeness (QED) is 0.579. The number of anilines is 1. The van der Waals surface area contributed by atoms with Gasteiger partial charge < -0.3 is 20.1 Å². The number of nitrogens with zero attached hydrogens (tertiary/aromatic N) is 1. The molecule has 2 rings (SSSR count). The number of likely N-dealkylation sites (N-methyl/N-ethyl adjacent to an activating group) is 1. The third kappa shape index (κ3) is 3.79. The van der Waals surface area contributed by atoms with Gasteiger partial charge in [-0.2, -0.15) is 0 Å².